The van der Waals surface area contributed by atoms with Gasteiger partial charge in [-0.3, -0.25) is 4.79 Å². The molecule has 168 valence electrons. The molecule has 0 spiro atoms. The van der Waals surface area contributed by atoms with Crippen LogP contribution >= 0.6 is 0 Å². The molecule has 0 fully saturated rings. The highest BCUT2D eigenvalue weighted by molar-refractivity contribution is 6.10. The van der Waals surface area contributed by atoms with Crippen molar-refractivity contribution in [2.24, 2.45) is 5.10 Å². The molecule has 0 radical (unpaired) electrons. The summed E-state index contributed by atoms with van der Waals surface area (Å²) in [5, 5.41) is 7.26. The zero-order valence-corrected chi connectivity index (χ0v) is 18.1. The third-order valence-corrected chi connectivity index (χ3v) is 5.46. The van der Waals surface area contributed by atoms with E-state index in [1.54, 1.807) is 18.2 Å². The van der Waals surface area contributed by atoms with Gasteiger partial charge in [0.05, 0.1) is 17.2 Å². The summed E-state index contributed by atoms with van der Waals surface area (Å²) in [6.45, 7) is 0.425. The number of amides is 1. The van der Waals surface area contributed by atoms with Gasteiger partial charge in [-0.2, -0.15) is 9.78 Å². The smallest absolute Gasteiger partial charge is 0.257 e. The molecule has 0 saturated carbocycles. The van der Waals surface area contributed by atoms with Crippen LogP contribution in [0.2, 0.25) is 0 Å². The van der Waals surface area contributed by atoms with Gasteiger partial charge < -0.3 is 11.1 Å². The van der Waals surface area contributed by atoms with Crippen molar-refractivity contribution in [3.05, 3.63) is 101 Å². The first-order valence-electron chi connectivity index (χ1n) is 10.8. The first-order valence-corrected chi connectivity index (χ1v) is 10.8. The summed E-state index contributed by atoms with van der Waals surface area (Å²) >= 11 is 0. The Kier molecular flexibility index (Phi) is 5.70. The number of anilines is 1. The zero-order valence-electron chi connectivity index (χ0n) is 18.1. The van der Waals surface area contributed by atoms with Crippen molar-refractivity contribution in [1.29, 1.82) is 0 Å². The number of nitrogen functional groups attached to an aromatic ring is 1. The highest BCUT2D eigenvalue weighted by Crippen LogP contribution is 2.27. The minimum Gasteiger partial charge on any atom is -0.383 e. The number of nitrogens with zero attached hydrogens (tertiary/aromatic N) is 4. The van der Waals surface area contributed by atoms with Crippen LogP contribution in [0.15, 0.2) is 84.0 Å². The van der Waals surface area contributed by atoms with E-state index in [0.29, 0.717) is 35.2 Å². The van der Waals surface area contributed by atoms with Gasteiger partial charge in [-0.15, -0.1) is 0 Å². The molecule has 3 N–H and O–H groups in total. The minimum atomic E-state index is -0.420. The van der Waals surface area contributed by atoms with Crippen LogP contribution < -0.4 is 11.1 Å². The number of carbonyl (C=O) groups is 1. The van der Waals surface area contributed by atoms with E-state index in [1.165, 1.54) is 17.0 Å². The maximum atomic E-state index is 14.1. The average molecular weight is 452 g/mol. The number of fused-ring (bicyclic) bond motifs is 2. The Morgan fingerprint density at radius 2 is 1.65 bits per heavy atom. The molecule has 8 heteroatoms. The van der Waals surface area contributed by atoms with Crippen molar-refractivity contribution >= 4 is 40.1 Å². The molecule has 0 aliphatic carbocycles. The van der Waals surface area contributed by atoms with Gasteiger partial charge in [0.2, 0.25) is 0 Å². The van der Waals surface area contributed by atoms with Crippen molar-refractivity contribution < 1.29 is 9.18 Å². The Morgan fingerprint density at radius 3 is 2.41 bits per heavy atom. The highest BCUT2D eigenvalue weighted by Gasteiger charge is 2.24. The van der Waals surface area contributed by atoms with Crippen LogP contribution in [-0.2, 0) is 6.42 Å². The van der Waals surface area contributed by atoms with Gasteiger partial charge in [0.1, 0.15) is 22.7 Å². The summed E-state index contributed by atoms with van der Waals surface area (Å²) in [7, 11) is 0. The fraction of sp³-hybridized carbons (Fsp3) is 0.0769. The summed E-state index contributed by atoms with van der Waals surface area (Å²) in [6, 6.07) is 23.4. The second-order valence-corrected chi connectivity index (χ2v) is 7.71. The molecule has 0 atom stereocenters. The van der Waals surface area contributed by atoms with Crippen molar-refractivity contribution in [1.82, 2.24) is 20.0 Å². The summed E-state index contributed by atoms with van der Waals surface area (Å²) in [5.74, 6) is -0.713. The number of halogens is 1. The van der Waals surface area contributed by atoms with Crippen molar-refractivity contribution in [2.45, 2.75) is 6.42 Å². The molecule has 0 saturated heterocycles. The molecule has 34 heavy (non-hydrogen) atoms. The van der Waals surface area contributed by atoms with E-state index < -0.39 is 5.82 Å². The number of hydrogen-bond donors (Lipinski definition) is 2. The minimum absolute atomic E-state index is 0.0788. The Morgan fingerprint density at radius 1 is 0.971 bits per heavy atom. The molecule has 5 rings (SSSR count). The highest BCUT2D eigenvalue weighted by atomic mass is 19.1. The van der Waals surface area contributed by atoms with Crippen molar-refractivity contribution in [2.75, 3.05) is 12.3 Å². The molecule has 0 bridgehead atoms. The van der Waals surface area contributed by atoms with Gasteiger partial charge in [-0.1, -0.05) is 60.7 Å². The van der Waals surface area contributed by atoms with E-state index >= 15 is 0 Å². The number of nitrogens with two attached hydrogens (primary N) is 1. The summed E-state index contributed by atoms with van der Waals surface area (Å²) in [4.78, 5) is 22.4. The van der Waals surface area contributed by atoms with Crippen LogP contribution in [0, 0.1) is 5.82 Å². The Bertz CT molecular complexity index is 1530. The number of nitrogens with one attached hydrogen (secondary N) is 1. The van der Waals surface area contributed by atoms with Gasteiger partial charge in [0, 0.05) is 12.1 Å². The lowest BCUT2D eigenvalue weighted by Crippen LogP contribution is -2.26. The first kappa shape index (κ1) is 21.3. The standard InChI is InChI=1S/C26H21FN6O/c27-19-11-5-4-10-18(19)16-30-33-24(28)22(26(34)29-15-14-17-8-2-1-3-9-17)23-25(33)32-21-13-7-6-12-20(21)31-23/h1-13,16H,14-15,28H2,(H,29,34)/b30-16+. The number of aromatic nitrogens is 3. The van der Waals surface area contributed by atoms with Crippen LogP contribution in [0.4, 0.5) is 10.2 Å². The molecule has 3 aromatic carbocycles. The molecule has 0 unspecified atom stereocenters. The number of benzene rings is 3. The molecular weight excluding hydrogens is 431 g/mol. The molecule has 5 aromatic rings. The predicted molar refractivity (Wildman–Crippen MR) is 131 cm³/mol. The average Bonchev–Trinajstić information content (AvgIpc) is 3.12. The van der Waals surface area contributed by atoms with Gasteiger partial charge in [-0.05, 0) is 30.2 Å². The third kappa shape index (κ3) is 4.09. The molecule has 0 aliphatic heterocycles. The molecule has 0 aliphatic rings. The summed E-state index contributed by atoms with van der Waals surface area (Å²) < 4.78 is 15.4. The molecule has 1 amide bonds. The number of para-hydroxylation sites is 2. The topological polar surface area (TPSA) is 98.2 Å². The van der Waals surface area contributed by atoms with Crippen LogP contribution in [0.1, 0.15) is 21.5 Å². The van der Waals surface area contributed by atoms with Crippen molar-refractivity contribution in [3.63, 3.8) is 0 Å². The van der Waals surface area contributed by atoms with Crippen LogP contribution in [0.25, 0.3) is 22.2 Å². The Labute approximate surface area is 194 Å². The normalized spacial score (nSPS) is 11.4. The maximum absolute atomic E-state index is 14.1. The van der Waals surface area contributed by atoms with E-state index in [4.69, 9.17) is 5.73 Å². The quantitative estimate of drug-likeness (QED) is 0.378. The van der Waals surface area contributed by atoms with Gasteiger partial charge in [0.15, 0.2) is 5.65 Å². The largest absolute Gasteiger partial charge is 0.383 e. The summed E-state index contributed by atoms with van der Waals surface area (Å²) in [6.07, 6.45) is 2.02. The molecule has 7 nitrogen and oxygen atoms in total. The third-order valence-electron chi connectivity index (χ3n) is 5.46. The first-order chi connectivity index (χ1) is 16.6. The second kappa shape index (κ2) is 9.11. The molecule has 2 aromatic heterocycles. The number of hydrogen-bond acceptors (Lipinski definition) is 5. The lowest BCUT2D eigenvalue weighted by molar-refractivity contribution is 0.0956. The monoisotopic (exact) mass is 452 g/mol. The van der Waals surface area contributed by atoms with Crippen LogP contribution in [0.3, 0.4) is 0 Å². The van der Waals surface area contributed by atoms with Gasteiger partial charge in [-0.25, -0.2) is 14.4 Å². The Balaban J connectivity index is 1.55. The van der Waals surface area contributed by atoms with E-state index in [9.17, 15) is 9.18 Å². The molecule has 2 heterocycles. The van der Waals surface area contributed by atoms with Crippen LogP contribution in [-0.4, -0.2) is 33.3 Å². The van der Waals surface area contributed by atoms with Crippen molar-refractivity contribution in [3.8, 4) is 0 Å². The number of rotatable bonds is 6. The van der Waals surface area contributed by atoms with E-state index in [-0.39, 0.29) is 22.9 Å². The number of carbonyl (C=O) groups excluding carboxylic acids is 1. The van der Waals surface area contributed by atoms with Crippen LogP contribution in [0.5, 0.6) is 0 Å². The van der Waals surface area contributed by atoms with E-state index in [2.05, 4.69) is 20.4 Å². The lowest BCUT2D eigenvalue weighted by atomic mass is 10.1. The van der Waals surface area contributed by atoms with E-state index in [1.807, 2.05) is 54.6 Å². The fourth-order valence-electron chi connectivity index (χ4n) is 3.74. The zero-order chi connectivity index (χ0) is 23.5. The predicted octanol–water partition coefficient (Wildman–Crippen LogP) is 4.16. The fourth-order valence-corrected chi connectivity index (χ4v) is 3.74. The SMILES string of the molecule is Nc1c(C(=O)NCCc2ccccc2)c2nc3ccccc3nc2n1/N=C/c1ccccc1F. The van der Waals surface area contributed by atoms with Gasteiger partial charge >= 0.3 is 0 Å². The summed E-state index contributed by atoms with van der Waals surface area (Å²) in [5.41, 5.74) is 9.87. The maximum Gasteiger partial charge on any atom is 0.257 e. The second-order valence-electron chi connectivity index (χ2n) is 7.71. The van der Waals surface area contributed by atoms with Gasteiger partial charge in [0.25, 0.3) is 5.91 Å². The lowest BCUT2D eigenvalue weighted by Gasteiger charge is -2.05. The van der Waals surface area contributed by atoms with E-state index in [0.717, 1.165) is 5.56 Å². The molecular formula is C26H21FN6O. The Hall–Kier alpha value is -4.59.